The second-order valence-electron chi connectivity index (χ2n) is 4.52. The molecule has 0 spiro atoms. The molecule has 0 bridgehead atoms. The molecule has 3 N–H and O–H groups in total. The van der Waals surface area contributed by atoms with Crippen LogP contribution in [0.1, 0.15) is 25.8 Å². The van der Waals surface area contributed by atoms with Gasteiger partial charge >= 0.3 is 0 Å². The number of hydrogen-bond donors (Lipinski definition) is 2. The third-order valence-electron chi connectivity index (χ3n) is 2.92. The predicted octanol–water partition coefficient (Wildman–Crippen LogP) is 1.53. The largest absolute Gasteiger partial charge is 0.398 e. The van der Waals surface area contributed by atoms with Gasteiger partial charge < -0.3 is 10.5 Å². The molecule has 108 valence electrons. The molecule has 0 saturated carbocycles. The molecule has 0 saturated heterocycles. The summed E-state index contributed by atoms with van der Waals surface area (Å²) in [6.45, 7) is 4.30. The molecule has 19 heavy (non-hydrogen) atoms. The van der Waals surface area contributed by atoms with E-state index in [1.807, 2.05) is 6.92 Å². The Bertz CT molecular complexity index is 515. The Morgan fingerprint density at radius 1 is 1.42 bits per heavy atom. The molecule has 1 aromatic carbocycles. The Morgan fingerprint density at radius 3 is 2.63 bits per heavy atom. The molecule has 0 aliphatic carbocycles. The van der Waals surface area contributed by atoms with Gasteiger partial charge in [-0.2, -0.15) is 0 Å². The van der Waals surface area contributed by atoms with E-state index < -0.39 is 10.0 Å². The van der Waals surface area contributed by atoms with Crippen LogP contribution >= 0.6 is 0 Å². The zero-order valence-corrected chi connectivity index (χ0v) is 12.5. The minimum Gasteiger partial charge on any atom is -0.398 e. The quantitative estimate of drug-likeness (QED) is 0.745. The highest BCUT2D eigenvalue weighted by Crippen LogP contribution is 2.18. The number of hydrogen-bond acceptors (Lipinski definition) is 4. The number of nitrogens with two attached hydrogens (primary N) is 1. The number of nitrogens with one attached hydrogen (secondary N) is 1. The molecular weight excluding hydrogens is 264 g/mol. The molecule has 0 aliphatic heterocycles. The Hall–Kier alpha value is -1.11. The highest BCUT2D eigenvalue weighted by Gasteiger charge is 2.18. The van der Waals surface area contributed by atoms with Gasteiger partial charge in [0.2, 0.25) is 10.0 Å². The minimum absolute atomic E-state index is 0.183. The fourth-order valence-electron chi connectivity index (χ4n) is 1.75. The Kier molecular flexibility index (Phi) is 5.78. The van der Waals surface area contributed by atoms with Gasteiger partial charge in [0.1, 0.15) is 0 Å². The first-order valence-electron chi connectivity index (χ1n) is 6.30. The van der Waals surface area contributed by atoms with Crippen LogP contribution in [-0.4, -0.2) is 28.2 Å². The normalized spacial score (nSPS) is 13.4. The second kappa shape index (κ2) is 6.88. The van der Waals surface area contributed by atoms with Crippen LogP contribution in [0.15, 0.2) is 23.1 Å². The number of rotatable bonds is 7. The van der Waals surface area contributed by atoms with Crippen molar-refractivity contribution < 1.29 is 13.2 Å². The summed E-state index contributed by atoms with van der Waals surface area (Å²) in [7, 11) is -1.93. The van der Waals surface area contributed by atoms with Gasteiger partial charge in [0.15, 0.2) is 0 Å². The van der Waals surface area contributed by atoms with Crippen LogP contribution in [0.5, 0.6) is 0 Å². The van der Waals surface area contributed by atoms with Gasteiger partial charge in [-0.15, -0.1) is 0 Å². The Balaban J connectivity index is 2.85. The van der Waals surface area contributed by atoms with Gasteiger partial charge in [-0.05, 0) is 37.5 Å². The maximum absolute atomic E-state index is 12.2. The number of ether oxygens (including phenoxy) is 1. The van der Waals surface area contributed by atoms with Crippen LogP contribution in [0.25, 0.3) is 0 Å². The molecule has 1 atom stereocenters. The Labute approximate surface area is 115 Å². The van der Waals surface area contributed by atoms with Crippen molar-refractivity contribution in [2.24, 2.45) is 0 Å². The lowest BCUT2D eigenvalue weighted by molar-refractivity contribution is 0.188. The summed E-state index contributed by atoms with van der Waals surface area (Å²) in [5, 5.41) is 0. The molecule has 0 heterocycles. The minimum atomic E-state index is -3.52. The third kappa shape index (κ3) is 4.49. The van der Waals surface area contributed by atoms with Crippen LogP contribution in [0.4, 0.5) is 5.69 Å². The van der Waals surface area contributed by atoms with E-state index in [1.165, 1.54) is 6.07 Å². The zero-order chi connectivity index (χ0) is 14.5. The van der Waals surface area contributed by atoms with Crippen molar-refractivity contribution in [1.82, 2.24) is 4.72 Å². The summed E-state index contributed by atoms with van der Waals surface area (Å²) in [5.74, 6) is 0. The monoisotopic (exact) mass is 286 g/mol. The number of sulfonamides is 1. The zero-order valence-electron chi connectivity index (χ0n) is 11.6. The number of nitrogen functional groups attached to an aromatic ring is 1. The van der Waals surface area contributed by atoms with Gasteiger partial charge in [-0.1, -0.05) is 13.0 Å². The predicted molar refractivity (Wildman–Crippen MR) is 76.5 cm³/mol. The number of anilines is 1. The second-order valence-corrected chi connectivity index (χ2v) is 6.23. The summed E-state index contributed by atoms with van der Waals surface area (Å²) >= 11 is 0. The van der Waals surface area contributed by atoms with E-state index in [9.17, 15) is 8.42 Å². The van der Waals surface area contributed by atoms with Gasteiger partial charge in [0.05, 0.1) is 4.90 Å². The lowest BCUT2D eigenvalue weighted by Gasteiger charge is -2.14. The SMILES string of the molecule is CCc1ccc(S(=O)(=O)NC(C)CCOC)cc1N. The van der Waals surface area contributed by atoms with Crippen LogP contribution in [0, 0.1) is 0 Å². The summed E-state index contributed by atoms with van der Waals surface area (Å²) in [4.78, 5) is 0.200. The van der Waals surface area contributed by atoms with Crippen molar-refractivity contribution in [2.75, 3.05) is 19.5 Å². The summed E-state index contributed by atoms with van der Waals surface area (Å²) < 4.78 is 31.8. The van der Waals surface area contributed by atoms with Crippen molar-refractivity contribution in [2.45, 2.75) is 37.6 Å². The van der Waals surface area contributed by atoms with Crippen molar-refractivity contribution in [1.29, 1.82) is 0 Å². The van der Waals surface area contributed by atoms with Crippen molar-refractivity contribution in [3.8, 4) is 0 Å². The summed E-state index contributed by atoms with van der Waals surface area (Å²) in [5.41, 5.74) is 7.29. The maximum atomic E-state index is 12.2. The maximum Gasteiger partial charge on any atom is 0.240 e. The van der Waals surface area contributed by atoms with Gasteiger partial charge in [0.25, 0.3) is 0 Å². The number of methoxy groups -OCH3 is 1. The first kappa shape index (κ1) is 15.9. The van der Waals surface area contributed by atoms with Crippen molar-refractivity contribution in [3.63, 3.8) is 0 Å². The Morgan fingerprint density at radius 2 is 2.11 bits per heavy atom. The molecule has 1 aromatic rings. The van der Waals surface area contributed by atoms with E-state index in [2.05, 4.69) is 4.72 Å². The molecule has 1 rings (SSSR count). The molecular formula is C13H22N2O3S. The van der Waals surface area contributed by atoms with Crippen LogP contribution in [0.2, 0.25) is 0 Å². The van der Waals surface area contributed by atoms with Gasteiger partial charge in [-0.3, -0.25) is 0 Å². The lowest BCUT2D eigenvalue weighted by atomic mass is 10.1. The number of aryl methyl sites for hydroxylation is 1. The van der Waals surface area contributed by atoms with Crippen LogP contribution in [0.3, 0.4) is 0 Å². The lowest BCUT2D eigenvalue weighted by Crippen LogP contribution is -2.33. The first-order chi connectivity index (χ1) is 8.90. The van der Waals surface area contributed by atoms with E-state index in [0.717, 1.165) is 12.0 Å². The van der Waals surface area contributed by atoms with E-state index in [-0.39, 0.29) is 10.9 Å². The third-order valence-corrected chi connectivity index (χ3v) is 4.51. The van der Waals surface area contributed by atoms with E-state index in [0.29, 0.717) is 18.7 Å². The van der Waals surface area contributed by atoms with Gasteiger partial charge in [0, 0.05) is 25.4 Å². The van der Waals surface area contributed by atoms with E-state index >= 15 is 0 Å². The first-order valence-corrected chi connectivity index (χ1v) is 7.78. The van der Waals surface area contributed by atoms with E-state index in [4.69, 9.17) is 10.5 Å². The smallest absolute Gasteiger partial charge is 0.240 e. The fraction of sp³-hybridized carbons (Fsp3) is 0.538. The molecule has 5 nitrogen and oxygen atoms in total. The highest BCUT2D eigenvalue weighted by atomic mass is 32.2. The fourth-order valence-corrected chi connectivity index (χ4v) is 3.06. The average Bonchev–Trinajstić information content (AvgIpc) is 2.35. The molecule has 0 amide bonds. The molecule has 1 unspecified atom stereocenters. The summed E-state index contributed by atoms with van der Waals surface area (Å²) in [6.07, 6.45) is 1.40. The van der Waals surface area contributed by atoms with E-state index in [1.54, 1.807) is 26.2 Å². The molecule has 6 heteroatoms. The average molecular weight is 286 g/mol. The number of benzene rings is 1. The van der Waals surface area contributed by atoms with Crippen molar-refractivity contribution >= 4 is 15.7 Å². The standard InChI is InChI=1S/C13H22N2O3S/c1-4-11-5-6-12(9-13(11)14)19(16,17)15-10(2)7-8-18-3/h5-6,9-10,15H,4,7-8,14H2,1-3H3. The molecule has 0 aliphatic rings. The van der Waals surface area contributed by atoms with Crippen LogP contribution in [-0.2, 0) is 21.2 Å². The molecule has 0 aromatic heterocycles. The molecule has 0 radical (unpaired) electrons. The van der Waals surface area contributed by atoms with Gasteiger partial charge in [-0.25, -0.2) is 13.1 Å². The summed E-state index contributed by atoms with van der Waals surface area (Å²) in [6, 6.07) is 4.66. The van der Waals surface area contributed by atoms with Crippen LogP contribution < -0.4 is 10.5 Å². The molecule has 0 fully saturated rings. The highest BCUT2D eigenvalue weighted by molar-refractivity contribution is 7.89. The topological polar surface area (TPSA) is 81.4 Å². The van der Waals surface area contributed by atoms with Crippen molar-refractivity contribution in [3.05, 3.63) is 23.8 Å².